The summed E-state index contributed by atoms with van der Waals surface area (Å²) in [5, 5.41) is 10.4. The van der Waals surface area contributed by atoms with Gasteiger partial charge in [0.25, 0.3) is 16.8 Å². The van der Waals surface area contributed by atoms with Crippen LogP contribution in [0.25, 0.3) is 6.08 Å². The van der Waals surface area contributed by atoms with Gasteiger partial charge in [-0.2, -0.15) is 0 Å². The van der Waals surface area contributed by atoms with Crippen LogP contribution >= 0.6 is 11.8 Å². The van der Waals surface area contributed by atoms with Gasteiger partial charge in [-0.25, -0.2) is 0 Å². The van der Waals surface area contributed by atoms with Gasteiger partial charge < -0.3 is 9.64 Å². The first kappa shape index (κ1) is 21.1. The van der Waals surface area contributed by atoms with Crippen molar-refractivity contribution in [2.45, 2.75) is 13.5 Å². The topological polar surface area (TPSA) is 93.0 Å². The number of carbonyl (C=O) groups excluding carboxylic acids is 2. The third-order valence-electron chi connectivity index (χ3n) is 5.28. The molecule has 4 rings (SSSR count). The Morgan fingerprint density at radius 1 is 1.13 bits per heavy atom. The molecule has 160 valence electrons. The molecule has 0 unspecified atom stereocenters. The van der Waals surface area contributed by atoms with E-state index >= 15 is 0 Å². The Balaban J connectivity index is 1.49. The van der Waals surface area contributed by atoms with Gasteiger partial charge in [0.1, 0.15) is 0 Å². The third kappa shape index (κ3) is 4.62. The van der Waals surface area contributed by atoms with Gasteiger partial charge in [0.2, 0.25) is 0 Å². The number of rotatable bonds is 5. The van der Waals surface area contributed by atoms with E-state index in [2.05, 4.69) is 11.0 Å². The zero-order valence-corrected chi connectivity index (χ0v) is 17.8. The van der Waals surface area contributed by atoms with Crippen molar-refractivity contribution in [3.05, 3.63) is 74.2 Å². The van der Waals surface area contributed by atoms with Gasteiger partial charge in [-0.1, -0.05) is 18.2 Å². The van der Waals surface area contributed by atoms with Crippen LogP contribution in [0.5, 0.6) is 0 Å². The first-order valence-corrected chi connectivity index (χ1v) is 10.7. The number of benzene rings is 2. The normalized spacial score (nSPS) is 18.2. The van der Waals surface area contributed by atoms with Gasteiger partial charge in [0.15, 0.2) is 0 Å². The van der Waals surface area contributed by atoms with E-state index in [9.17, 15) is 19.7 Å². The first-order valence-electron chi connectivity index (χ1n) is 9.84. The minimum Gasteiger partial charge on any atom is -0.378 e. The lowest BCUT2D eigenvalue weighted by atomic mass is 10.1. The van der Waals surface area contributed by atoms with E-state index in [4.69, 9.17) is 4.74 Å². The molecule has 31 heavy (non-hydrogen) atoms. The Hall–Kier alpha value is -3.17. The van der Waals surface area contributed by atoms with Crippen LogP contribution in [0.4, 0.5) is 16.2 Å². The van der Waals surface area contributed by atoms with E-state index in [1.165, 1.54) is 12.1 Å². The van der Waals surface area contributed by atoms with E-state index in [0.717, 1.165) is 46.6 Å². The minimum atomic E-state index is -0.487. The second kappa shape index (κ2) is 8.91. The summed E-state index contributed by atoms with van der Waals surface area (Å²) in [5.41, 5.74) is 3.64. The number of morpholine rings is 1. The molecule has 2 amide bonds. The molecule has 2 aliphatic heterocycles. The quantitative estimate of drug-likeness (QED) is 0.395. The molecule has 0 radical (unpaired) electrons. The van der Waals surface area contributed by atoms with E-state index in [1.54, 1.807) is 18.2 Å². The van der Waals surface area contributed by atoms with Crippen LogP contribution < -0.4 is 4.90 Å². The van der Waals surface area contributed by atoms with Crippen molar-refractivity contribution < 1.29 is 19.2 Å². The van der Waals surface area contributed by atoms with Gasteiger partial charge in [0.05, 0.1) is 29.6 Å². The van der Waals surface area contributed by atoms with E-state index in [0.29, 0.717) is 23.7 Å². The van der Waals surface area contributed by atoms with Gasteiger partial charge in [-0.05, 0) is 53.6 Å². The van der Waals surface area contributed by atoms with Crippen molar-refractivity contribution in [1.29, 1.82) is 0 Å². The number of aryl methyl sites for hydroxylation is 1. The fourth-order valence-electron chi connectivity index (χ4n) is 3.52. The predicted octanol–water partition coefficient (Wildman–Crippen LogP) is 3.98. The van der Waals surface area contributed by atoms with Crippen molar-refractivity contribution in [3.8, 4) is 0 Å². The summed E-state index contributed by atoms with van der Waals surface area (Å²) in [6.07, 6.45) is 1.75. The third-order valence-corrected chi connectivity index (χ3v) is 6.19. The summed E-state index contributed by atoms with van der Waals surface area (Å²) < 4.78 is 5.40. The highest BCUT2D eigenvalue weighted by atomic mass is 32.2. The Labute approximate surface area is 183 Å². The van der Waals surface area contributed by atoms with Crippen molar-refractivity contribution in [3.63, 3.8) is 0 Å². The Kier molecular flexibility index (Phi) is 6.06. The zero-order chi connectivity index (χ0) is 22.0. The van der Waals surface area contributed by atoms with Crippen LogP contribution in [-0.2, 0) is 16.1 Å². The maximum atomic E-state index is 12.8. The largest absolute Gasteiger partial charge is 0.378 e. The lowest BCUT2D eigenvalue weighted by molar-refractivity contribution is -0.384. The van der Waals surface area contributed by atoms with Crippen LogP contribution in [0.1, 0.15) is 16.7 Å². The van der Waals surface area contributed by atoms with Crippen molar-refractivity contribution in [2.24, 2.45) is 0 Å². The number of amides is 2. The number of ether oxygens (including phenoxy) is 1. The molecule has 2 aliphatic rings. The van der Waals surface area contributed by atoms with Gasteiger partial charge in [-0.3, -0.25) is 24.6 Å². The maximum absolute atomic E-state index is 12.8. The molecule has 0 N–H and O–H groups in total. The number of hydrogen-bond donors (Lipinski definition) is 0. The summed E-state index contributed by atoms with van der Waals surface area (Å²) in [6.45, 7) is 5.18. The summed E-state index contributed by atoms with van der Waals surface area (Å²) in [7, 11) is 0. The van der Waals surface area contributed by atoms with Gasteiger partial charge in [0, 0.05) is 30.9 Å². The van der Waals surface area contributed by atoms with E-state index in [1.807, 2.05) is 19.1 Å². The van der Waals surface area contributed by atoms with Crippen molar-refractivity contribution >= 4 is 40.4 Å². The molecule has 0 aliphatic carbocycles. The molecular weight excluding hydrogens is 418 g/mol. The predicted molar refractivity (Wildman–Crippen MR) is 119 cm³/mol. The SMILES string of the molecule is Cc1cc(N2CCOCC2)ccc1/C=C1\SC(=O)N(Cc2ccc([N+](=O)[O-])cc2)C1=O. The lowest BCUT2D eigenvalue weighted by Gasteiger charge is -2.29. The highest BCUT2D eigenvalue weighted by Crippen LogP contribution is 2.34. The first-order chi connectivity index (χ1) is 14.9. The molecule has 0 bridgehead atoms. The monoisotopic (exact) mass is 439 g/mol. The van der Waals surface area contributed by atoms with Crippen LogP contribution in [0, 0.1) is 17.0 Å². The molecule has 2 aromatic rings. The second-order valence-corrected chi connectivity index (χ2v) is 8.32. The number of imide groups is 1. The van der Waals surface area contributed by atoms with Crippen molar-refractivity contribution in [1.82, 2.24) is 4.90 Å². The smallest absolute Gasteiger partial charge is 0.293 e. The Morgan fingerprint density at radius 2 is 1.84 bits per heavy atom. The van der Waals surface area contributed by atoms with Crippen LogP contribution in [-0.4, -0.2) is 47.3 Å². The zero-order valence-electron chi connectivity index (χ0n) is 16.9. The summed E-state index contributed by atoms with van der Waals surface area (Å²) in [6, 6.07) is 11.9. The number of non-ortho nitro benzene ring substituents is 1. The summed E-state index contributed by atoms with van der Waals surface area (Å²) in [4.78, 5) is 39.3. The van der Waals surface area contributed by atoms with Crippen LogP contribution in [0.15, 0.2) is 47.4 Å². The molecule has 9 heteroatoms. The minimum absolute atomic E-state index is 0.0335. The number of thioether (sulfide) groups is 1. The standard InChI is InChI=1S/C22H21N3O5S/c1-15-12-19(23-8-10-30-11-9-23)7-4-17(15)13-20-21(26)24(22(27)31-20)14-16-2-5-18(6-3-16)25(28)29/h2-7,12-13H,8-11,14H2,1H3/b20-13-. The van der Waals surface area contributed by atoms with Crippen LogP contribution in [0.2, 0.25) is 0 Å². The average Bonchev–Trinajstić information content (AvgIpc) is 3.03. The number of nitrogens with zero attached hydrogens (tertiary/aromatic N) is 3. The number of nitro benzene ring substituents is 1. The molecule has 0 saturated carbocycles. The van der Waals surface area contributed by atoms with Gasteiger partial charge >= 0.3 is 0 Å². The van der Waals surface area contributed by atoms with Crippen molar-refractivity contribution in [2.75, 3.05) is 31.2 Å². The molecular formula is C22H21N3O5S. The highest BCUT2D eigenvalue weighted by molar-refractivity contribution is 8.18. The molecule has 2 fully saturated rings. The van der Waals surface area contributed by atoms with Crippen LogP contribution in [0.3, 0.4) is 0 Å². The average molecular weight is 439 g/mol. The molecule has 2 heterocycles. The summed E-state index contributed by atoms with van der Waals surface area (Å²) in [5.74, 6) is -0.356. The fourth-order valence-corrected chi connectivity index (χ4v) is 4.35. The number of anilines is 1. The lowest BCUT2D eigenvalue weighted by Crippen LogP contribution is -2.36. The number of nitro groups is 1. The maximum Gasteiger partial charge on any atom is 0.293 e. The number of hydrogen-bond acceptors (Lipinski definition) is 7. The summed E-state index contributed by atoms with van der Waals surface area (Å²) >= 11 is 0.908. The molecule has 0 aromatic heterocycles. The molecule has 2 aromatic carbocycles. The molecule has 0 atom stereocenters. The Morgan fingerprint density at radius 3 is 2.48 bits per heavy atom. The number of carbonyl (C=O) groups is 2. The van der Waals surface area contributed by atoms with E-state index in [-0.39, 0.29) is 23.4 Å². The van der Waals surface area contributed by atoms with E-state index < -0.39 is 4.92 Å². The molecule has 8 nitrogen and oxygen atoms in total. The molecule has 2 saturated heterocycles. The van der Waals surface area contributed by atoms with Gasteiger partial charge in [-0.15, -0.1) is 0 Å². The highest BCUT2D eigenvalue weighted by Gasteiger charge is 2.35. The Bertz CT molecular complexity index is 1060. The second-order valence-electron chi connectivity index (χ2n) is 7.33. The molecule has 0 spiro atoms. The fraction of sp³-hybridized carbons (Fsp3) is 0.273.